The molecule has 2 rings (SSSR count). The van der Waals surface area contributed by atoms with E-state index in [0.29, 0.717) is 25.6 Å². The number of piperidine rings is 1. The molecule has 1 unspecified atom stereocenters. The summed E-state index contributed by atoms with van der Waals surface area (Å²) in [4.78, 5) is 30.7. The second-order valence-corrected chi connectivity index (χ2v) is 9.66. The van der Waals surface area contributed by atoms with Crippen molar-refractivity contribution in [3.05, 3.63) is 36.4 Å². The lowest BCUT2D eigenvalue weighted by molar-refractivity contribution is -0.135. The topological polar surface area (TPSA) is 77.1 Å². The number of benzene rings is 1. The van der Waals surface area contributed by atoms with E-state index in [1.54, 1.807) is 4.90 Å². The minimum atomic E-state index is -0.467. The van der Waals surface area contributed by atoms with Crippen molar-refractivity contribution in [1.82, 2.24) is 10.4 Å². The van der Waals surface area contributed by atoms with Crippen molar-refractivity contribution in [3.63, 3.8) is 0 Å². The number of rotatable bonds is 10. The Bertz CT molecular complexity index is 777. The zero-order valence-corrected chi connectivity index (χ0v) is 20.8. The molecule has 0 radical (unpaired) electrons. The van der Waals surface area contributed by atoms with Gasteiger partial charge >= 0.3 is 6.09 Å². The van der Waals surface area contributed by atoms with Gasteiger partial charge in [-0.25, -0.2) is 10.3 Å². The maximum atomic E-state index is 12.2. The third-order valence-electron chi connectivity index (χ3n) is 5.88. The molecule has 0 bridgehead atoms. The first kappa shape index (κ1) is 26.7. The van der Waals surface area contributed by atoms with Crippen LogP contribution in [-0.2, 0) is 14.4 Å². The minimum absolute atomic E-state index is 0.0894. The SMILES string of the molecule is C=C(CCC(CC)C(=O)NOC)c1ccc(OCC2CCN(C(=O)OC(C)(C)C)CC2)cc1. The van der Waals surface area contributed by atoms with Crippen molar-refractivity contribution in [2.45, 2.75) is 65.4 Å². The van der Waals surface area contributed by atoms with Crippen molar-refractivity contribution < 1.29 is 23.9 Å². The molecule has 2 amide bonds. The van der Waals surface area contributed by atoms with E-state index < -0.39 is 5.60 Å². The normalized spacial score (nSPS) is 15.6. The van der Waals surface area contributed by atoms with Gasteiger partial charge in [0.15, 0.2) is 0 Å². The Labute approximate surface area is 198 Å². The first-order valence-electron chi connectivity index (χ1n) is 11.8. The van der Waals surface area contributed by atoms with Gasteiger partial charge in [0.1, 0.15) is 11.4 Å². The van der Waals surface area contributed by atoms with Gasteiger partial charge in [-0.15, -0.1) is 0 Å². The van der Waals surface area contributed by atoms with Crippen LogP contribution in [0.1, 0.15) is 65.4 Å². The Hall–Kier alpha value is -2.54. The Kier molecular flexibility index (Phi) is 10.2. The third-order valence-corrected chi connectivity index (χ3v) is 5.88. The molecule has 1 fully saturated rings. The van der Waals surface area contributed by atoms with Crippen LogP contribution in [-0.4, -0.2) is 49.3 Å². The highest BCUT2D eigenvalue weighted by Gasteiger charge is 2.27. The summed E-state index contributed by atoms with van der Waals surface area (Å²) in [6.45, 7) is 13.9. The zero-order chi connectivity index (χ0) is 24.4. The second-order valence-electron chi connectivity index (χ2n) is 9.66. The molecular formula is C26H40N2O5. The number of likely N-dealkylation sites (tertiary alicyclic amines) is 1. The van der Waals surface area contributed by atoms with E-state index >= 15 is 0 Å². The number of hydroxylamine groups is 1. The lowest BCUT2D eigenvalue weighted by atomic mass is 9.94. The number of nitrogens with one attached hydrogen (secondary N) is 1. The quantitative estimate of drug-likeness (QED) is 0.485. The van der Waals surface area contributed by atoms with E-state index in [0.717, 1.165) is 49.0 Å². The van der Waals surface area contributed by atoms with Crippen LogP contribution >= 0.6 is 0 Å². The molecule has 0 spiro atoms. The lowest BCUT2D eigenvalue weighted by Gasteiger charge is -2.33. The number of amides is 2. The van der Waals surface area contributed by atoms with Gasteiger partial charge in [-0.05, 0) is 82.1 Å². The number of allylic oxidation sites excluding steroid dienone is 1. The second kappa shape index (κ2) is 12.6. The van der Waals surface area contributed by atoms with Crippen LogP contribution < -0.4 is 10.2 Å². The summed E-state index contributed by atoms with van der Waals surface area (Å²) in [6, 6.07) is 7.95. The summed E-state index contributed by atoms with van der Waals surface area (Å²) in [7, 11) is 1.44. The molecule has 1 atom stereocenters. The predicted molar refractivity (Wildman–Crippen MR) is 130 cm³/mol. The van der Waals surface area contributed by atoms with Crippen LogP contribution in [0.15, 0.2) is 30.8 Å². The molecule has 0 aliphatic carbocycles. The third kappa shape index (κ3) is 9.08. The van der Waals surface area contributed by atoms with E-state index in [4.69, 9.17) is 14.3 Å². The van der Waals surface area contributed by atoms with Crippen molar-refractivity contribution in [1.29, 1.82) is 0 Å². The summed E-state index contributed by atoms with van der Waals surface area (Å²) in [5.41, 5.74) is 4.00. The zero-order valence-electron chi connectivity index (χ0n) is 20.8. The van der Waals surface area contributed by atoms with Gasteiger partial charge in [-0.1, -0.05) is 25.6 Å². The number of ether oxygens (including phenoxy) is 2. The van der Waals surface area contributed by atoms with E-state index in [1.165, 1.54) is 7.11 Å². The fraction of sp³-hybridized carbons (Fsp3) is 0.615. The number of carbonyl (C=O) groups is 2. The summed E-state index contributed by atoms with van der Waals surface area (Å²) in [6.07, 6.45) is 3.80. The lowest BCUT2D eigenvalue weighted by Crippen LogP contribution is -2.42. The molecule has 0 saturated carbocycles. The summed E-state index contributed by atoms with van der Waals surface area (Å²) < 4.78 is 11.5. The Morgan fingerprint density at radius 1 is 1.18 bits per heavy atom. The molecule has 33 heavy (non-hydrogen) atoms. The van der Waals surface area contributed by atoms with Gasteiger partial charge in [0, 0.05) is 19.0 Å². The fourth-order valence-corrected chi connectivity index (χ4v) is 3.81. The van der Waals surface area contributed by atoms with Gasteiger partial charge in [0.05, 0.1) is 13.7 Å². The van der Waals surface area contributed by atoms with Crippen LogP contribution in [0.3, 0.4) is 0 Å². The number of nitrogens with zero attached hydrogens (tertiary/aromatic N) is 1. The van der Waals surface area contributed by atoms with Gasteiger partial charge < -0.3 is 14.4 Å². The molecule has 1 aliphatic heterocycles. The number of hydrogen-bond acceptors (Lipinski definition) is 5. The highest BCUT2D eigenvalue weighted by Crippen LogP contribution is 2.25. The molecular weight excluding hydrogens is 420 g/mol. The van der Waals surface area contributed by atoms with Crippen LogP contribution in [0, 0.1) is 11.8 Å². The van der Waals surface area contributed by atoms with Gasteiger partial charge in [0.25, 0.3) is 0 Å². The van der Waals surface area contributed by atoms with Crippen LogP contribution in [0.2, 0.25) is 0 Å². The standard InChI is InChI=1S/C26H40N2O5/c1-7-21(24(29)27-31-6)9-8-19(2)22-10-12-23(13-11-22)32-18-20-14-16-28(17-15-20)25(30)33-26(3,4)5/h10-13,20-21H,2,7-9,14-18H2,1,3-6H3,(H,27,29). The van der Waals surface area contributed by atoms with Gasteiger partial charge in [-0.3, -0.25) is 9.63 Å². The fourth-order valence-electron chi connectivity index (χ4n) is 3.81. The Balaban J connectivity index is 1.75. The largest absolute Gasteiger partial charge is 0.493 e. The molecule has 1 aromatic carbocycles. The highest BCUT2D eigenvalue weighted by molar-refractivity contribution is 5.77. The first-order valence-corrected chi connectivity index (χ1v) is 11.8. The molecule has 0 aromatic heterocycles. The molecule has 1 aromatic rings. The smallest absolute Gasteiger partial charge is 0.410 e. The summed E-state index contributed by atoms with van der Waals surface area (Å²) in [5, 5.41) is 0. The molecule has 7 nitrogen and oxygen atoms in total. The molecule has 1 saturated heterocycles. The van der Waals surface area contributed by atoms with E-state index in [1.807, 2.05) is 52.0 Å². The number of carbonyl (C=O) groups excluding carboxylic acids is 2. The van der Waals surface area contributed by atoms with Crippen LogP contribution in [0.4, 0.5) is 4.79 Å². The van der Waals surface area contributed by atoms with Crippen molar-refractivity contribution in [2.75, 3.05) is 26.8 Å². The Morgan fingerprint density at radius 2 is 1.82 bits per heavy atom. The van der Waals surface area contributed by atoms with E-state index in [9.17, 15) is 9.59 Å². The van der Waals surface area contributed by atoms with Crippen molar-refractivity contribution in [3.8, 4) is 5.75 Å². The monoisotopic (exact) mass is 460 g/mol. The molecule has 1 N–H and O–H groups in total. The Morgan fingerprint density at radius 3 is 2.36 bits per heavy atom. The van der Waals surface area contributed by atoms with E-state index in [2.05, 4.69) is 12.1 Å². The summed E-state index contributed by atoms with van der Waals surface area (Å²) >= 11 is 0. The van der Waals surface area contributed by atoms with Crippen LogP contribution in [0.5, 0.6) is 5.75 Å². The summed E-state index contributed by atoms with van der Waals surface area (Å²) in [5.74, 6) is 1.06. The highest BCUT2D eigenvalue weighted by atomic mass is 16.6. The minimum Gasteiger partial charge on any atom is -0.493 e. The molecule has 184 valence electrons. The van der Waals surface area contributed by atoms with Gasteiger partial charge in [-0.2, -0.15) is 0 Å². The molecule has 1 aliphatic rings. The predicted octanol–water partition coefficient (Wildman–Crippen LogP) is 5.21. The average molecular weight is 461 g/mol. The van der Waals surface area contributed by atoms with Gasteiger partial charge in [0.2, 0.25) is 5.91 Å². The maximum Gasteiger partial charge on any atom is 0.410 e. The van der Waals surface area contributed by atoms with E-state index in [-0.39, 0.29) is 17.9 Å². The maximum absolute atomic E-state index is 12.2. The van der Waals surface area contributed by atoms with Crippen molar-refractivity contribution in [2.24, 2.45) is 11.8 Å². The first-order chi connectivity index (χ1) is 15.6. The van der Waals surface area contributed by atoms with Crippen LogP contribution in [0.25, 0.3) is 5.57 Å². The number of hydrogen-bond donors (Lipinski definition) is 1. The molecule has 1 heterocycles. The average Bonchev–Trinajstić information content (AvgIpc) is 2.77. The van der Waals surface area contributed by atoms with Crippen molar-refractivity contribution >= 4 is 17.6 Å². The molecule has 7 heteroatoms.